The molecule has 0 saturated carbocycles. The summed E-state index contributed by atoms with van der Waals surface area (Å²) in [5.74, 6) is 0. The number of nitrogen functional groups attached to an aromatic ring is 1. The highest BCUT2D eigenvalue weighted by atomic mass is 79.9. The minimum Gasteiger partial charge on any atom is -0.398 e. The Kier molecular flexibility index (Phi) is 3.17. The van der Waals surface area contributed by atoms with Crippen molar-refractivity contribution in [3.63, 3.8) is 0 Å². The van der Waals surface area contributed by atoms with E-state index in [4.69, 9.17) is 5.73 Å². The molecule has 0 aliphatic rings. The van der Waals surface area contributed by atoms with Crippen LogP contribution in [0.5, 0.6) is 0 Å². The third-order valence-electron chi connectivity index (χ3n) is 2.77. The van der Waals surface area contributed by atoms with E-state index in [1.807, 2.05) is 24.3 Å². The van der Waals surface area contributed by atoms with Gasteiger partial charge in [0.15, 0.2) is 0 Å². The molecule has 17 heavy (non-hydrogen) atoms. The zero-order valence-corrected chi connectivity index (χ0v) is 11.0. The molecule has 4 heteroatoms. The van der Waals surface area contributed by atoms with Crippen LogP contribution in [0.25, 0.3) is 0 Å². The minimum absolute atomic E-state index is 0.532. The third-order valence-corrected chi connectivity index (χ3v) is 3.26. The number of nitrogens with zero attached hydrogens (tertiary/aromatic N) is 1. The molecule has 1 heterocycles. The first-order valence-corrected chi connectivity index (χ1v) is 5.99. The van der Waals surface area contributed by atoms with Crippen LogP contribution in [-0.4, -0.2) is 10.1 Å². The lowest BCUT2D eigenvalue weighted by Crippen LogP contribution is -2.24. The van der Waals surface area contributed by atoms with E-state index in [0.29, 0.717) is 11.3 Å². The van der Waals surface area contributed by atoms with Crippen LogP contribution in [0.15, 0.2) is 47.2 Å². The molecule has 3 N–H and O–H groups in total. The topological polar surface area (TPSA) is 59.1 Å². The zero-order chi connectivity index (χ0) is 12.5. The minimum atomic E-state index is -1.15. The summed E-state index contributed by atoms with van der Waals surface area (Å²) >= 11 is 3.39. The third kappa shape index (κ3) is 2.33. The highest BCUT2D eigenvalue weighted by Gasteiger charge is 2.28. The Bertz CT molecular complexity index is 540. The summed E-state index contributed by atoms with van der Waals surface area (Å²) in [5, 5.41) is 10.6. The molecule has 3 nitrogen and oxygen atoms in total. The number of hydrogen-bond acceptors (Lipinski definition) is 3. The van der Waals surface area contributed by atoms with E-state index < -0.39 is 5.60 Å². The maximum atomic E-state index is 10.6. The molecule has 1 atom stereocenters. The van der Waals surface area contributed by atoms with Crippen LogP contribution in [0.1, 0.15) is 18.1 Å². The first-order valence-electron chi connectivity index (χ1n) is 5.20. The second kappa shape index (κ2) is 4.47. The molecule has 1 unspecified atom stereocenters. The van der Waals surface area contributed by atoms with Crippen molar-refractivity contribution in [2.24, 2.45) is 0 Å². The zero-order valence-electron chi connectivity index (χ0n) is 9.39. The van der Waals surface area contributed by atoms with Gasteiger partial charge in [-0.05, 0) is 30.7 Å². The van der Waals surface area contributed by atoms with Crippen molar-refractivity contribution in [1.82, 2.24) is 4.98 Å². The molecule has 1 aromatic heterocycles. The number of aromatic nitrogens is 1. The molecular weight excluding hydrogens is 280 g/mol. The Labute approximate surface area is 108 Å². The van der Waals surface area contributed by atoms with Crippen LogP contribution in [0, 0.1) is 0 Å². The van der Waals surface area contributed by atoms with Gasteiger partial charge in [-0.25, -0.2) is 0 Å². The van der Waals surface area contributed by atoms with Crippen LogP contribution < -0.4 is 5.73 Å². The molecule has 0 amide bonds. The molecule has 0 bridgehead atoms. The summed E-state index contributed by atoms with van der Waals surface area (Å²) in [6, 6.07) is 9.19. The molecule has 0 radical (unpaired) electrons. The quantitative estimate of drug-likeness (QED) is 0.895. The first-order chi connectivity index (χ1) is 8.01. The van der Waals surface area contributed by atoms with Crippen molar-refractivity contribution in [3.8, 4) is 0 Å². The Morgan fingerprint density at radius 3 is 2.76 bits per heavy atom. The smallest absolute Gasteiger partial charge is 0.115 e. The van der Waals surface area contributed by atoms with E-state index in [1.165, 1.54) is 0 Å². The van der Waals surface area contributed by atoms with Crippen LogP contribution in [0.4, 0.5) is 5.69 Å². The van der Waals surface area contributed by atoms with Crippen molar-refractivity contribution >= 4 is 21.6 Å². The van der Waals surface area contributed by atoms with Gasteiger partial charge in [-0.15, -0.1) is 0 Å². The predicted molar refractivity (Wildman–Crippen MR) is 71.5 cm³/mol. The normalized spacial score (nSPS) is 14.3. The average Bonchev–Trinajstić information content (AvgIpc) is 2.29. The fourth-order valence-electron chi connectivity index (χ4n) is 1.76. The lowest BCUT2D eigenvalue weighted by atomic mass is 9.88. The van der Waals surface area contributed by atoms with Crippen molar-refractivity contribution < 1.29 is 5.11 Å². The molecule has 0 aliphatic carbocycles. The number of nitrogens with two attached hydrogens (primary N) is 1. The molecule has 0 spiro atoms. The van der Waals surface area contributed by atoms with Crippen molar-refractivity contribution in [1.29, 1.82) is 0 Å². The number of benzene rings is 1. The Morgan fingerprint density at radius 2 is 2.12 bits per heavy atom. The molecule has 88 valence electrons. The van der Waals surface area contributed by atoms with E-state index in [9.17, 15) is 5.11 Å². The van der Waals surface area contributed by atoms with E-state index >= 15 is 0 Å². The highest BCUT2D eigenvalue weighted by Crippen LogP contribution is 2.33. The Morgan fingerprint density at radius 1 is 1.35 bits per heavy atom. The van der Waals surface area contributed by atoms with E-state index in [2.05, 4.69) is 20.9 Å². The van der Waals surface area contributed by atoms with Gasteiger partial charge < -0.3 is 10.8 Å². The Hall–Kier alpha value is -1.39. The van der Waals surface area contributed by atoms with Gasteiger partial charge in [0.2, 0.25) is 0 Å². The molecule has 0 saturated heterocycles. The number of pyridine rings is 1. The van der Waals surface area contributed by atoms with Gasteiger partial charge in [-0.2, -0.15) is 0 Å². The lowest BCUT2D eigenvalue weighted by Gasteiger charge is -2.25. The maximum absolute atomic E-state index is 10.6. The molecular formula is C13H13BrN2O. The highest BCUT2D eigenvalue weighted by molar-refractivity contribution is 9.10. The molecule has 0 fully saturated rings. The van der Waals surface area contributed by atoms with E-state index in [-0.39, 0.29) is 0 Å². The largest absolute Gasteiger partial charge is 0.398 e. The van der Waals surface area contributed by atoms with Crippen molar-refractivity contribution in [3.05, 3.63) is 58.3 Å². The number of halogens is 1. The second-order valence-electron chi connectivity index (χ2n) is 4.05. The Balaban J connectivity index is 2.53. The molecule has 1 aromatic carbocycles. The summed E-state index contributed by atoms with van der Waals surface area (Å²) in [4.78, 5) is 4.01. The summed E-state index contributed by atoms with van der Waals surface area (Å²) in [6.45, 7) is 1.71. The summed E-state index contributed by atoms with van der Waals surface area (Å²) < 4.78 is 0.915. The molecule has 0 aliphatic heterocycles. The summed E-state index contributed by atoms with van der Waals surface area (Å²) in [5.41, 5.74) is 6.63. The predicted octanol–water partition coefficient (Wildman–Crippen LogP) is 2.68. The first kappa shape index (κ1) is 12.1. The van der Waals surface area contributed by atoms with Gasteiger partial charge in [-0.3, -0.25) is 4.98 Å². The second-order valence-corrected chi connectivity index (χ2v) is 4.96. The monoisotopic (exact) mass is 292 g/mol. The SMILES string of the molecule is CC(O)(c1cccc(Br)c1)c1cnccc1N. The fraction of sp³-hybridized carbons (Fsp3) is 0.154. The van der Waals surface area contributed by atoms with Crippen LogP contribution in [0.3, 0.4) is 0 Å². The number of aliphatic hydroxyl groups is 1. The number of anilines is 1. The molecule has 2 rings (SSSR count). The standard InChI is InChI=1S/C13H13BrN2O/c1-13(17,9-3-2-4-10(14)7-9)11-8-16-6-5-12(11)15/h2-8,17H,1H3,(H2,15,16). The van der Waals surface area contributed by atoms with Crippen LogP contribution in [-0.2, 0) is 5.60 Å². The van der Waals surface area contributed by atoms with E-state index in [1.54, 1.807) is 25.4 Å². The van der Waals surface area contributed by atoms with Crippen molar-refractivity contribution in [2.45, 2.75) is 12.5 Å². The fourth-order valence-corrected chi connectivity index (χ4v) is 2.16. The van der Waals surface area contributed by atoms with Gasteiger partial charge in [0.25, 0.3) is 0 Å². The number of rotatable bonds is 2. The summed E-state index contributed by atoms with van der Waals surface area (Å²) in [7, 11) is 0. The van der Waals surface area contributed by atoms with Gasteiger partial charge >= 0.3 is 0 Å². The van der Waals surface area contributed by atoms with Crippen LogP contribution in [0.2, 0.25) is 0 Å². The number of hydrogen-bond donors (Lipinski definition) is 2. The van der Waals surface area contributed by atoms with Crippen molar-refractivity contribution in [2.75, 3.05) is 5.73 Å². The maximum Gasteiger partial charge on any atom is 0.115 e. The lowest BCUT2D eigenvalue weighted by molar-refractivity contribution is 0.103. The van der Waals surface area contributed by atoms with Gasteiger partial charge in [-0.1, -0.05) is 28.1 Å². The summed E-state index contributed by atoms with van der Waals surface area (Å²) in [6.07, 6.45) is 3.20. The van der Waals surface area contributed by atoms with Gasteiger partial charge in [0, 0.05) is 28.1 Å². The van der Waals surface area contributed by atoms with Crippen LogP contribution >= 0.6 is 15.9 Å². The van der Waals surface area contributed by atoms with Gasteiger partial charge in [0.05, 0.1) is 0 Å². The molecule has 2 aromatic rings. The average molecular weight is 293 g/mol. The van der Waals surface area contributed by atoms with Gasteiger partial charge in [0.1, 0.15) is 5.60 Å². The van der Waals surface area contributed by atoms with E-state index in [0.717, 1.165) is 10.0 Å².